The summed E-state index contributed by atoms with van der Waals surface area (Å²) in [7, 11) is 1.50. The van der Waals surface area contributed by atoms with E-state index in [1.807, 2.05) is 23.1 Å². The maximum absolute atomic E-state index is 13.3. The predicted octanol–water partition coefficient (Wildman–Crippen LogP) is 4.18. The van der Waals surface area contributed by atoms with Crippen molar-refractivity contribution in [2.75, 3.05) is 24.4 Å². The van der Waals surface area contributed by atoms with E-state index < -0.39 is 11.7 Å². The van der Waals surface area contributed by atoms with Gasteiger partial charge in [0.15, 0.2) is 0 Å². The van der Waals surface area contributed by atoms with Crippen molar-refractivity contribution >= 4 is 23.4 Å². The predicted molar refractivity (Wildman–Crippen MR) is 107 cm³/mol. The molecule has 0 spiro atoms. The molecule has 1 aromatic heterocycles. The summed E-state index contributed by atoms with van der Waals surface area (Å²) in [5.74, 6) is -0.154. The summed E-state index contributed by atoms with van der Waals surface area (Å²) in [6, 6.07) is 5.80. The minimum atomic E-state index is -4.53. The second-order valence-corrected chi connectivity index (χ2v) is 8.18. The van der Waals surface area contributed by atoms with E-state index in [-0.39, 0.29) is 42.4 Å². The fourth-order valence-corrected chi connectivity index (χ4v) is 4.52. The molecule has 10 heteroatoms. The molecule has 0 unspecified atom stereocenters. The van der Waals surface area contributed by atoms with Crippen molar-refractivity contribution in [1.29, 1.82) is 0 Å². The Morgan fingerprint density at radius 3 is 2.61 bits per heavy atom. The van der Waals surface area contributed by atoms with Crippen molar-refractivity contribution in [2.24, 2.45) is 0 Å². The zero-order valence-corrected chi connectivity index (χ0v) is 16.9. The number of aromatic nitrogens is 2. The molecule has 2 aromatic rings. The highest BCUT2D eigenvalue weighted by molar-refractivity contribution is 5.80. The third kappa shape index (κ3) is 3.69. The van der Waals surface area contributed by atoms with Gasteiger partial charge in [-0.3, -0.25) is 4.79 Å². The number of carbonyl (C=O) groups is 1. The Morgan fingerprint density at radius 1 is 1.19 bits per heavy atom. The van der Waals surface area contributed by atoms with Gasteiger partial charge >= 0.3 is 6.18 Å². The van der Waals surface area contributed by atoms with Crippen molar-refractivity contribution in [3.63, 3.8) is 0 Å². The highest BCUT2D eigenvalue weighted by Gasteiger charge is 2.46. The molecule has 0 radical (unpaired) electrons. The first-order chi connectivity index (χ1) is 14.8. The lowest BCUT2D eigenvalue weighted by molar-refractivity contribution is -0.138. The number of fused-ring (bicyclic) bond motifs is 5. The SMILES string of the molecule is COCC(=O)N1[C@@H]2CC[C@H]1c1ccc(Nc3ncc(C(F)(F)F)c(NC4CC4)n3)cc12. The first-order valence-corrected chi connectivity index (χ1v) is 10.3. The minimum Gasteiger partial charge on any atom is -0.375 e. The van der Waals surface area contributed by atoms with Crippen LogP contribution >= 0.6 is 0 Å². The molecular formula is C21H22F3N5O2. The number of nitrogens with zero attached hydrogens (tertiary/aromatic N) is 3. The molecule has 2 fully saturated rings. The lowest BCUT2D eigenvalue weighted by Crippen LogP contribution is -2.30. The Bertz CT molecular complexity index is 1020. The number of carbonyl (C=O) groups excluding carboxylic acids is 1. The Kier molecular flexibility index (Phi) is 4.76. The lowest BCUT2D eigenvalue weighted by atomic mass is 9.91. The Balaban J connectivity index is 1.39. The molecule has 1 saturated heterocycles. The van der Waals surface area contributed by atoms with Crippen LogP contribution in [0.1, 0.15) is 54.5 Å². The van der Waals surface area contributed by atoms with Gasteiger partial charge in [-0.1, -0.05) is 6.07 Å². The number of methoxy groups -OCH3 is 1. The normalized spacial score (nSPS) is 21.9. The van der Waals surface area contributed by atoms with Crippen molar-refractivity contribution in [3.05, 3.63) is 41.1 Å². The van der Waals surface area contributed by atoms with Gasteiger partial charge in [-0.25, -0.2) is 4.98 Å². The Hall–Kier alpha value is -2.88. The lowest BCUT2D eigenvalue weighted by Gasteiger charge is -2.22. The molecule has 1 saturated carbocycles. The highest BCUT2D eigenvalue weighted by Crippen LogP contribution is 2.53. The number of halogens is 3. The van der Waals surface area contributed by atoms with Crippen LogP contribution in [0.25, 0.3) is 0 Å². The molecule has 7 nitrogen and oxygen atoms in total. The first kappa shape index (κ1) is 20.0. The summed E-state index contributed by atoms with van der Waals surface area (Å²) in [6.45, 7) is 0.0439. The van der Waals surface area contributed by atoms with Crippen LogP contribution in [0.3, 0.4) is 0 Å². The van der Waals surface area contributed by atoms with Crippen molar-refractivity contribution in [2.45, 2.75) is 50.0 Å². The van der Waals surface area contributed by atoms with Crippen LogP contribution in [0.15, 0.2) is 24.4 Å². The molecule has 2 N–H and O–H groups in total. The fraction of sp³-hybridized carbons (Fsp3) is 0.476. The van der Waals surface area contributed by atoms with E-state index in [0.29, 0.717) is 5.69 Å². The molecule has 1 aromatic carbocycles. The monoisotopic (exact) mass is 433 g/mol. The third-order valence-corrected chi connectivity index (χ3v) is 6.01. The molecule has 3 heterocycles. The molecule has 5 rings (SSSR count). The number of amides is 1. The molecule has 31 heavy (non-hydrogen) atoms. The summed E-state index contributed by atoms with van der Waals surface area (Å²) >= 11 is 0. The van der Waals surface area contributed by atoms with Crippen LogP contribution in [0.5, 0.6) is 0 Å². The molecular weight excluding hydrogens is 411 g/mol. The summed E-state index contributed by atoms with van der Waals surface area (Å²) < 4.78 is 44.9. The van der Waals surface area contributed by atoms with Crippen LogP contribution in [0.4, 0.5) is 30.6 Å². The summed E-state index contributed by atoms with van der Waals surface area (Å²) in [6.07, 6.45) is -0.270. The van der Waals surface area contributed by atoms with Gasteiger partial charge in [0.25, 0.3) is 0 Å². The molecule has 2 aliphatic heterocycles. The van der Waals surface area contributed by atoms with Crippen LogP contribution < -0.4 is 10.6 Å². The van der Waals surface area contributed by atoms with Crippen LogP contribution in [-0.2, 0) is 15.7 Å². The van der Waals surface area contributed by atoms with E-state index in [2.05, 4.69) is 20.6 Å². The second kappa shape index (κ2) is 7.37. The number of ether oxygens (including phenoxy) is 1. The Morgan fingerprint density at radius 2 is 1.94 bits per heavy atom. The van der Waals surface area contributed by atoms with Gasteiger partial charge in [-0.05, 0) is 48.9 Å². The standard InChI is InChI=1S/C21H22F3N5O2/c1-31-10-18(30)29-16-6-7-17(29)14-8-12(4-5-13(14)16)27-20-25-9-15(21(22,23)24)19(28-20)26-11-2-3-11/h4-5,8-9,11,16-17H,2-3,6-7,10H2,1H3,(H2,25,26,27,28)/t16-,17+/m0/s1. The van der Waals surface area contributed by atoms with Gasteiger partial charge in [0.05, 0.1) is 12.1 Å². The molecule has 2 bridgehead atoms. The number of nitrogens with one attached hydrogen (secondary N) is 2. The van der Waals surface area contributed by atoms with Gasteiger partial charge in [0.2, 0.25) is 11.9 Å². The quantitative estimate of drug-likeness (QED) is 0.712. The van der Waals surface area contributed by atoms with Gasteiger partial charge < -0.3 is 20.3 Å². The number of benzene rings is 1. The van der Waals surface area contributed by atoms with Gasteiger partial charge in [0.1, 0.15) is 18.0 Å². The highest BCUT2D eigenvalue weighted by atomic mass is 19.4. The summed E-state index contributed by atoms with van der Waals surface area (Å²) in [4.78, 5) is 22.3. The number of hydrogen-bond acceptors (Lipinski definition) is 6. The van der Waals surface area contributed by atoms with Gasteiger partial charge in [-0.15, -0.1) is 0 Å². The topological polar surface area (TPSA) is 79.4 Å². The van der Waals surface area contributed by atoms with Crippen LogP contribution in [0, 0.1) is 0 Å². The van der Waals surface area contributed by atoms with E-state index in [1.165, 1.54) is 7.11 Å². The Labute approximate surface area is 177 Å². The van der Waals surface area contributed by atoms with Crippen LogP contribution in [-0.4, -0.2) is 40.5 Å². The van der Waals surface area contributed by atoms with Crippen molar-refractivity contribution in [3.8, 4) is 0 Å². The smallest absolute Gasteiger partial charge is 0.375 e. The average molecular weight is 433 g/mol. The van der Waals surface area contributed by atoms with E-state index in [9.17, 15) is 18.0 Å². The van der Waals surface area contributed by atoms with E-state index in [4.69, 9.17) is 4.74 Å². The van der Waals surface area contributed by atoms with E-state index >= 15 is 0 Å². The molecule has 3 aliphatic rings. The second-order valence-electron chi connectivity index (χ2n) is 8.18. The third-order valence-electron chi connectivity index (χ3n) is 6.01. The number of hydrogen-bond donors (Lipinski definition) is 2. The van der Waals surface area contributed by atoms with Crippen molar-refractivity contribution < 1.29 is 22.7 Å². The fourth-order valence-electron chi connectivity index (χ4n) is 4.52. The number of anilines is 3. The van der Waals surface area contributed by atoms with Gasteiger partial charge in [-0.2, -0.15) is 18.2 Å². The number of rotatable bonds is 6. The zero-order valence-electron chi connectivity index (χ0n) is 16.9. The largest absolute Gasteiger partial charge is 0.421 e. The number of alkyl halides is 3. The molecule has 1 aliphatic carbocycles. The first-order valence-electron chi connectivity index (χ1n) is 10.3. The molecule has 1 amide bonds. The maximum Gasteiger partial charge on any atom is 0.421 e. The van der Waals surface area contributed by atoms with E-state index in [1.54, 1.807) is 0 Å². The summed E-state index contributed by atoms with van der Waals surface area (Å²) in [5, 5.41) is 5.86. The van der Waals surface area contributed by atoms with Crippen molar-refractivity contribution in [1.82, 2.24) is 14.9 Å². The maximum atomic E-state index is 13.3. The van der Waals surface area contributed by atoms with Gasteiger partial charge in [0, 0.05) is 25.0 Å². The van der Waals surface area contributed by atoms with E-state index in [0.717, 1.165) is 43.0 Å². The zero-order chi connectivity index (χ0) is 21.8. The summed E-state index contributed by atoms with van der Waals surface area (Å²) in [5.41, 5.74) is 1.95. The molecule has 2 atom stereocenters. The average Bonchev–Trinajstić information content (AvgIpc) is 3.34. The molecule has 164 valence electrons. The minimum absolute atomic E-state index is 0.00924. The van der Waals surface area contributed by atoms with Crippen LogP contribution in [0.2, 0.25) is 0 Å².